The van der Waals surface area contributed by atoms with Crippen LogP contribution < -0.4 is 5.32 Å². The van der Waals surface area contributed by atoms with Gasteiger partial charge in [-0.2, -0.15) is 0 Å². The van der Waals surface area contributed by atoms with Gasteiger partial charge >= 0.3 is 11.8 Å². The molecule has 1 aliphatic heterocycles. The second-order valence-electron chi connectivity index (χ2n) is 5.85. The van der Waals surface area contributed by atoms with Crippen LogP contribution in [0.25, 0.3) is 0 Å². The lowest BCUT2D eigenvalue weighted by Crippen LogP contribution is -2.51. The largest absolute Gasteiger partial charge is 0.379 e. The highest BCUT2D eigenvalue weighted by Crippen LogP contribution is 2.29. The molecule has 0 bridgehead atoms. The Morgan fingerprint density at radius 3 is 2.54 bits per heavy atom. The molecule has 2 amide bonds. The number of hydrogen-bond donors (Lipinski definition) is 1. The van der Waals surface area contributed by atoms with Crippen LogP contribution in [0.3, 0.4) is 0 Å². The molecule has 1 aromatic rings. The monoisotopic (exact) mass is 353 g/mol. The first-order valence-corrected chi connectivity index (χ1v) is 9.41. The van der Waals surface area contributed by atoms with Crippen LogP contribution in [0.4, 0.5) is 0 Å². The number of amides is 2. The third kappa shape index (κ3) is 4.55. The Labute approximate surface area is 147 Å². The highest BCUT2D eigenvalue weighted by molar-refractivity contribution is 7.10. The van der Waals surface area contributed by atoms with Crippen molar-refractivity contribution in [1.82, 2.24) is 15.1 Å². The van der Waals surface area contributed by atoms with E-state index in [2.05, 4.69) is 16.3 Å². The zero-order valence-corrected chi connectivity index (χ0v) is 15.5. The van der Waals surface area contributed by atoms with Crippen LogP contribution >= 0.6 is 11.3 Å². The summed E-state index contributed by atoms with van der Waals surface area (Å²) in [7, 11) is 0. The van der Waals surface area contributed by atoms with Gasteiger partial charge in [-0.05, 0) is 32.2 Å². The summed E-state index contributed by atoms with van der Waals surface area (Å²) in [5.74, 6) is -0.986. The van der Waals surface area contributed by atoms with Gasteiger partial charge in [-0.25, -0.2) is 0 Å². The fourth-order valence-corrected chi connectivity index (χ4v) is 4.02. The lowest BCUT2D eigenvalue weighted by molar-refractivity contribution is -0.146. The van der Waals surface area contributed by atoms with Crippen molar-refractivity contribution in [2.75, 3.05) is 39.4 Å². The van der Waals surface area contributed by atoms with E-state index in [0.717, 1.165) is 13.1 Å². The van der Waals surface area contributed by atoms with Crippen LogP contribution in [0.15, 0.2) is 17.5 Å². The maximum atomic E-state index is 12.3. The van der Waals surface area contributed by atoms with Gasteiger partial charge in [0.15, 0.2) is 0 Å². The smallest absolute Gasteiger partial charge is 0.311 e. The highest BCUT2D eigenvalue weighted by Gasteiger charge is 2.31. The molecule has 1 saturated heterocycles. The van der Waals surface area contributed by atoms with Crippen molar-refractivity contribution in [3.05, 3.63) is 22.4 Å². The molecule has 24 heavy (non-hydrogen) atoms. The molecule has 2 atom stereocenters. The Balaban J connectivity index is 2.08. The first-order valence-electron chi connectivity index (χ1n) is 8.53. The number of likely N-dealkylation sites (N-methyl/N-ethyl adjacent to an activating group) is 1. The number of nitrogens with zero attached hydrogens (tertiary/aromatic N) is 2. The van der Waals surface area contributed by atoms with E-state index in [9.17, 15) is 9.59 Å². The van der Waals surface area contributed by atoms with Crippen LogP contribution in [0.5, 0.6) is 0 Å². The number of ether oxygens (including phenoxy) is 1. The molecular weight excluding hydrogens is 326 g/mol. The third-order valence-corrected chi connectivity index (χ3v) is 5.29. The highest BCUT2D eigenvalue weighted by atomic mass is 32.1. The summed E-state index contributed by atoms with van der Waals surface area (Å²) in [5.41, 5.74) is 0. The van der Waals surface area contributed by atoms with Crippen LogP contribution in [-0.4, -0.2) is 67.0 Å². The van der Waals surface area contributed by atoms with Gasteiger partial charge < -0.3 is 15.0 Å². The maximum Gasteiger partial charge on any atom is 0.311 e. The number of hydrogen-bond acceptors (Lipinski definition) is 5. The van der Waals surface area contributed by atoms with Crippen molar-refractivity contribution < 1.29 is 14.3 Å². The Kier molecular flexibility index (Phi) is 7.20. The Morgan fingerprint density at radius 1 is 1.33 bits per heavy atom. The summed E-state index contributed by atoms with van der Waals surface area (Å²) in [6.07, 6.45) is 0. The molecule has 1 aliphatic rings. The minimum atomic E-state index is -0.527. The second-order valence-corrected chi connectivity index (χ2v) is 6.83. The molecule has 2 rings (SSSR count). The fraction of sp³-hybridized carbons (Fsp3) is 0.647. The fourth-order valence-electron chi connectivity index (χ4n) is 3.06. The molecule has 0 spiro atoms. The van der Waals surface area contributed by atoms with E-state index >= 15 is 0 Å². The molecule has 134 valence electrons. The molecule has 0 aromatic carbocycles. The zero-order chi connectivity index (χ0) is 17.5. The Morgan fingerprint density at radius 2 is 2.00 bits per heavy atom. The maximum absolute atomic E-state index is 12.3. The SMILES string of the molecule is CCN(CC)C(=O)C(=O)N[C@@H](C)[C@@H](c1cccs1)N1CCOCC1. The van der Waals surface area contributed by atoms with E-state index in [1.165, 1.54) is 9.78 Å². The zero-order valence-electron chi connectivity index (χ0n) is 14.7. The van der Waals surface area contributed by atoms with Crippen molar-refractivity contribution in [2.24, 2.45) is 0 Å². The van der Waals surface area contributed by atoms with Crippen LogP contribution in [0.2, 0.25) is 0 Å². The summed E-state index contributed by atoms with van der Waals surface area (Å²) in [6, 6.07) is 4.00. The molecule has 6 nitrogen and oxygen atoms in total. The van der Waals surface area contributed by atoms with Crippen molar-refractivity contribution in [2.45, 2.75) is 32.9 Å². The van der Waals surface area contributed by atoms with Gasteiger partial charge in [-0.3, -0.25) is 14.5 Å². The Bertz CT molecular complexity index is 525. The molecule has 0 saturated carbocycles. The molecule has 1 N–H and O–H groups in total. The third-order valence-electron chi connectivity index (χ3n) is 4.35. The summed E-state index contributed by atoms with van der Waals surface area (Å²) >= 11 is 1.67. The number of morpholine rings is 1. The van der Waals surface area contributed by atoms with Crippen molar-refractivity contribution in [3.8, 4) is 0 Å². The Hall–Kier alpha value is -1.44. The number of carbonyl (C=O) groups excluding carboxylic acids is 2. The lowest BCUT2D eigenvalue weighted by atomic mass is 10.1. The first kappa shape index (κ1) is 18.9. The predicted octanol–water partition coefficient (Wildman–Crippen LogP) is 1.49. The summed E-state index contributed by atoms with van der Waals surface area (Å²) in [6.45, 7) is 9.83. The molecule has 1 aromatic heterocycles. The van der Waals surface area contributed by atoms with E-state index in [1.54, 1.807) is 11.3 Å². The predicted molar refractivity (Wildman–Crippen MR) is 95.0 cm³/mol. The van der Waals surface area contributed by atoms with E-state index in [4.69, 9.17) is 4.74 Å². The van der Waals surface area contributed by atoms with Gasteiger partial charge in [0.25, 0.3) is 0 Å². The number of thiophene rings is 1. The summed E-state index contributed by atoms with van der Waals surface area (Å²) in [5, 5.41) is 4.95. The molecule has 7 heteroatoms. The van der Waals surface area contributed by atoms with Crippen LogP contribution in [0, 0.1) is 0 Å². The van der Waals surface area contributed by atoms with Gasteiger partial charge in [-0.1, -0.05) is 6.07 Å². The summed E-state index contributed by atoms with van der Waals surface area (Å²) < 4.78 is 5.44. The van der Waals surface area contributed by atoms with E-state index < -0.39 is 11.8 Å². The van der Waals surface area contributed by atoms with E-state index in [1.807, 2.05) is 32.2 Å². The molecule has 2 heterocycles. The number of rotatable bonds is 6. The van der Waals surface area contributed by atoms with Crippen molar-refractivity contribution in [1.29, 1.82) is 0 Å². The molecule has 0 aliphatic carbocycles. The van der Waals surface area contributed by atoms with Gasteiger partial charge in [0, 0.05) is 37.1 Å². The number of carbonyl (C=O) groups is 2. The van der Waals surface area contributed by atoms with Gasteiger partial charge in [-0.15, -0.1) is 11.3 Å². The first-order chi connectivity index (χ1) is 11.6. The van der Waals surface area contributed by atoms with Gasteiger partial charge in [0.1, 0.15) is 0 Å². The molecule has 0 radical (unpaired) electrons. The van der Waals surface area contributed by atoms with Gasteiger partial charge in [0.05, 0.1) is 19.3 Å². The molecule has 0 unspecified atom stereocenters. The molecule has 1 fully saturated rings. The standard InChI is InChI=1S/C17H27N3O3S/c1-4-19(5-2)17(22)16(21)18-13(3)15(14-7-6-12-24-14)20-8-10-23-11-9-20/h6-7,12-13,15H,4-5,8-11H2,1-3H3,(H,18,21)/t13-,15-/m0/s1. The van der Waals surface area contributed by atoms with Crippen molar-refractivity contribution >= 4 is 23.2 Å². The average Bonchev–Trinajstić information content (AvgIpc) is 3.11. The van der Waals surface area contributed by atoms with E-state index in [0.29, 0.717) is 26.3 Å². The van der Waals surface area contributed by atoms with Crippen molar-refractivity contribution in [3.63, 3.8) is 0 Å². The minimum absolute atomic E-state index is 0.0577. The lowest BCUT2D eigenvalue weighted by Gasteiger charge is -2.37. The van der Waals surface area contributed by atoms with Gasteiger partial charge in [0.2, 0.25) is 0 Å². The minimum Gasteiger partial charge on any atom is -0.379 e. The molecular formula is C17H27N3O3S. The summed E-state index contributed by atoms with van der Waals surface area (Å²) in [4.78, 5) is 29.6. The topological polar surface area (TPSA) is 61.9 Å². The quantitative estimate of drug-likeness (QED) is 0.787. The van der Waals surface area contributed by atoms with E-state index in [-0.39, 0.29) is 12.1 Å². The second kappa shape index (κ2) is 9.15. The average molecular weight is 353 g/mol. The number of nitrogens with one attached hydrogen (secondary N) is 1. The van der Waals surface area contributed by atoms with Crippen LogP contribution in [-0.2, 0) is 14.3 Å². The van der Waals surface area contributed by atoms with Crippen LogP contribution in [0.1, 0.15) is 31.7 Å². The normalized spacial score (nSPS) is 18.0.